The average Bonchev–Trinajstić information content (AvgIpc) is 2.50. The molecule has 0 spiro atoms. The Labute approximate surface area is 87.9 Å². The Bertz CT molecular complexity index is 422. The van der Waals surface area contributed by atoms with Gasteiger partial charge in [-0.2, -0.15) is 0 Å². The van der Waals surface area contributed by atoms with Gasteiger partial charge < -0.3 is 5.73 Å². The number of sulfone groups is 1. The van der Waals surface area contributed by atoms with Crippen LogP contribution in [-0.2, 0) is 9.84 Å². The minimum atomic E-state index is -2.80. The fourth-order valence-electron chi connectivity index (χ4n) is 1.84. The zero-order valence-electron chi connectivity index (χ0n) is 7.77. The molecule has 5 heteroatoms. The minimum absolute atomic E-state index is 0.177. The molecule has 2 N–H and O–H groups in total. The maximum Gasteiger partial charge on any atom is 0.150 e. The Kier molecular flexibility index (Phi) is 2.53. The van der Waals surface area contributed by atoms with E-state index in [1.807, 2.05) is 12.1 Å². The van der Waals surface area contributed by atoms with E-state index in [1.165, 1.54) is 11.3 Å². The van der Waals surface area contributed by atoms with Gasteiger partial charge in [-0.25, -0.2) is 8.42 Å². The molecule has 1 atom stereocenters. The molecule has 0 aliphatic carbocycles. The van der Waals surface area contributed by atoms with E-state index >= 15 is 0 Å². The van der Waals surface area contributed by atoms with Gasteiger partial charge in [0.2, 0.25) is 0 Å². The number of rotatable bonds is 1. The Balaban J connectivity index is 2.20. The standard InChI is InChI=1S/C9H13NO2S2/c10-9-4-3-8(13-9)7-2-1-5-14(11,12)6-7/h3-4,7H,1-2,5-6,10H2. The summed E-state index contributed by atoms with van der Waals surface area (Å²) in [4.78, 5) is 1.12. The molecule has 1 aliphatic rings. The third-order valence-electron chi connectivity index (χ3n) is 2.51. The van der Waals surface area contributed by atoms with Crippen molar-refractivity contribution in [3.8, 4) is 0 Å². The molecule has 1 aliphatic heterocycles. The molecule has 0 amide bonds. The molecule has 2 heterocycles. The van der Waals surface area contributed by atoms with E-state index in [9.17, 15) is 8.42 Å². The molecule has 2 rings (SSSR count). The van der Waals surface area contributed by atoms with Gasteiger partial charge in [-0.15, -0.1) is 11.3 Å². The average molecular weight is 231 g/mol. The molecule has 1 aromatic rings. The quantitative estimate of drug-likeness (QED) is 0.799. The second kappa shape index (κ2) is 3.55. The van der Waals surface area contributed by atoms with E-state index in [-0.39, 0.29) is 5.92 Å². The highest BCUT2D eigenvalue weighted by molar-refractivity contribution is 7.91. The molecule has 1 fully saturated rings. The lowest BCUT2D eigenvalue weighted by atomic mass is 10.0. The van der Waals surface area contributed by atoms with Crippen molar-refractivity contribution >= 4 is 26.2 Å². The van der Waals surface area contributed by atoms with Crippen LogP contribution in [0.1, 0.15) is 23.6 Å². The van der Waals surface area contributed by atoms with Crippen molar-refractivity contribution in [1.82, 2.24) is 0 Å². The Morgan fingerprint density at radius 2 is 2.21 bits per heavy atom. The van der Waals surface area contributed by atoms with Crippen LogP contribution in [-0.4, -0.2) is 19.9 Å². The minimum Gasteiger partial charge on any atom is -0.391 e. The van der Waals surface area contributed by atoms with E-state index in [1.54, 1.807) is 0 Å². The largest absolute Gasteiger partial charge is 0.391 e. The maximum absolute atomic E-state index is 11.4. The summed E-state index contributed by atoms with van der Waals surface area (Å²) >= 11 is 1.51. The van der Waals surface area contributed by atoms with Gasteiger partial charge in [0.1, 0.15) is 0 Å². The van der Waals surface area contributed by atoms with Gasteiger partial charge in [0.15, 0.2) is 9.84 Å². The third kappa shape index (κ3) is 2.09. The highest BCUT2D eigenvalue weighted by Gasteiger charge is 2.26. The second-order valence-electron chi connectivity index (χ2n) is 3.69. The zero-order chi connectivity index (χ0) is 10.2. The van der Waals surface area contributed by atoms with Crippen LogP contribution in [0, 0.1) is 0 Å². The Morgan fingerprint density at radius 1 is 1.43 bits per heavy atom. The highest BCUT2D eigenvalue weighted by atomic mass is 32.2. The van der Waals surface area contributed by atoms with Crippen molar-refractivity contribution in [1.29, 1.82) is 0 Å². The van der Waals surface area contributed by atoms with Crippen LogP contribution in [0.2, 0.25) is 0 Å². The summed E-state index contributed by atoms with van der Waals surface area (Å²) in [6.07, 6.45) is 1.75. The van der Waals surface area contributed by atoms with Gasteiger partial charge >= 0.3 is 0 Å². The molecule has 1 unspecified atom stereocenters. The predicted octanol–water partition coefficient (Wildman–Crippen LogP) is 1.62. The van der Waals surface area contributed by atoms with Crippen molar-refractivity contribution in [2.24, 2.45) is 0 Å². The molecule has 0 saturated carbocycles. The summed E-state index contributed by atoms with van der Waals surface area (Å²) in [5.74, 6) is 0.827. The normalized spacial score (nSPS) is 26.1. The van der Waals surface area contributed by atoms with E-state index in [0.717, 1.165) is 22.7 Å². The molecule has 14 heavy (non-hydrogen) atoms. The first-order valence-electron chi connectivity index (χ1n) is 4.62. The van der Waals surface area contributed by atoms with Crippen molar-refractivity contribution < 1.29 is 8.42 Å². The van der Waals surface area contributed by atoms with Crippen LogP contribution in [0.5, 0.6) is 0 Å². The van der Waals surface area contributed by atoms with Crippen molar-refractivity contribution in [2.75, 3.05) is 17.2 Å². The van der Waals surface area contributed by atoms with Crippen LogP contribution < -0.4 is 5.73 Å². The Morgan fingerprint density at radius 3 is 2.79 bits per heavy atom. The first kappa shape index (κ1) is 9.98. The molecule has 0 aromatic carbocycles. The fraction of sp³-hybridized carbons (Fsp3) is 0.556. The first-order chi connectivity index (χ1) is 6.57. The monoisotopic (exact) mass is 231 g/mol. The smallest absolute Gasteiger partial charge is 0.150 e. The topological polar surface area (TPSA) is 60.2 Å². The lowest BCUT2D eigenvalue weighted by Crippen LogP contribution is -2.23. The van der Waals surface area contributed by atoms with Crippen LogP contribution in [0.3, 0.4) is 0 Å². The third-order valence-corrected chi connectivity index (χ3v) is 5.41. The van der Waals surface area contributed by atoms with Crippen LogP contribution in [0.25, 0.3) is 0 Å². The van der Waals surface area contributed by atoms with Gasteiger partial charge in [-0.05, 0) is 25.0 Å². The molecule has 1 saturated heterocycles. The van der Waals surface area contributed by atoms with Gasteiger partial charge in [-0.1, -0.05) is 0 Å². The lowest BCUT2D eigenvalue weighted by Gasteiger charge is -2.20. The Hall–Kier alpha value is -0.550. The number of anilines is 1. The highest BCUT2D eigenvalue weighted by Crippen LogP contribution is 2.33. The maximum atomic E-state index is 11.4. The van der Waals surface area contributed by atoms with E-state index in [4.69, 9.17) is 5.73 Å². The molecule has 0 bridgehead atoms. The zero-order valence-corrected chi connectivity index (χ0v) is 9.40. The van der Waals surface area contributed by atoms with E-state index in [0.29, 0.717) is 11.5 Å². The fourth-order valence-corrected chi connectivity index (χ4v) is 4.59. The van der Waals surface area contributed by atoms with E-state index < -0.39 is 9.84 Å². The lowest BCUT2D eigenvalue weighted by molar-refractivity contribution is 0.556. The molecule has 3 nitrogen and oxygen atoms in total. The van der Waals surface area contributed by atoms with Gasteiger partial charge in [-0.3, -0.25) is 0 Å². The van der Waals surface area contributed by atoms with Crippen LogP contribution in [0.4, 0.5) is 5.00 Å². The summed E-state index contributed by atoms with van der Waals surface area (Å²) in [5.41, 5.74) is 5.62. The number of nitrogen functional groups attached to an aromatic ring is 1. The van der Waals surface area contributed by atoms with Crippen LogP contribution in [0.15, 0.2) is 12.1 Å². The van der Waals surface area contributed by atoms with Crippen molar-refractivity contribution in [3.05, 3.63) is 17.0 Å². The number of thiophene rings is 1. The number of hydrogen-bond donors (Lipinski definition) is 1. The summed E-state index contributed by atoms with van der Waals surface area (Å²) in [5, 5.41) is 0.767. The molecule has 0 radical (unpaired) electrons. The number of hydrogen-bond acceptors (Lipinski definition) is 4. The predicted molar refractivity (Wildman–Crippen MR) is 59.4 cm³/mol. The number of nitrogens with two attached hydrogens (primary N) is 1. The van der Waals surface area contributed by atoms with Crippen molar-refractivity contribution in [3.63, 3.8) is 0 Å². The van der Waals surface area contributed by atoms with Crippen molar-refractivity contribution in [2.45, 2.75) is 18.8 Å². The summed E-state index contributed by atoms with van der Waals surface area (Å²) in [6.45, 7) is 0. The first-order valence-corrected chi connectivity index (χ1v) is 7.26. The summed E-state index contributed by atoms with van der Waals surface area (Å²) < 4.78 is 22.8. The molecule has 1 aromatic heterocycles. The summed E-state index contributed by atoms with van der Waals surface area (Å²) in [6, 6.07) is 3.80. The van der Waals surface area contributed by atoms with Crippen LogP contribution >= 0.6 is 11.3 Å². The molecular formula is C9H13NO2S2. The van der Waals surface area contributed by atoms with Gasteiger partial charge in [0, 0.05) is 10.8 Å². The second-order valence-corrected chi connectivity index (χ2v) is 7.07. The SMILES string of the molecule is Nc1ccc(C2CCCS(=O)(=O)C2)s1. The van der Waals surface area contributed by atoms with Gasteiger partial charge in [0.25, 0.3) is 0 Å². The molecular weight excluding hydrogens is 218 g/mol. The van der Waals surface area contributed by atoms with Gasteiger partial charge in [0.05, 0.1) is 16.5 Å². The van der Waals surface area contributed by atoms with E-state index in [2.05, 4.69) is 0 Å². The molecule has 78 valence electrons. The summed E-state index contributed by atoms with van der Waals surface area (Å²) in [7, 11) is -2.80.